The zero-order valence-corrected chi connectivity index (χ0v) is 13.6. The van der Waals surface area contributed by atoms with Crippen LogP contribution in [0.4, 0.5) is 5.69 Å². The van der Waals surface area contributed by atoms with E-state index in [2.05, 4.69) is 15.6 Å². The van der Waals surface area contributed by atoms with Crippen molar-refractivity contribution in [2.45, 2.75) is 19.8 Å². The number of carbonyl (C=O) groups is 2. The molecule has 2 rings (SSSR count). The lowest BCUT2D eigenvalue weighted by Crippen LogP contribution is -2.26. The summed E-state index contributed by atoms with van der Waals surface area (Å²) in [4.78, 5) is 28.3. The first-order valence-electron chi connectivity index (χ1n) is 7.42. The van der Waals surface area contributed by atoms with Gasteiger partial charge in [0.15, 0.2) is 0 Å². The van der Waals surface area contributed by atoms with Gasteiger partial charge in [-0.1, -0.05) is 31.0 Å². The number of hydrogen-bond acceptors (Lipinski definition) is 3. The number of rotatable bonds is 6. The van der Waals surface area contributed by atoms with Crippen LogP contribution in [0, 0.1) is 0 Å². The van der Waals surface area contributed by atoms with Crippen LogP contribution in [0.25, 0.3) is 0 Å². The van der Waals surface area contributed by atoms with E-state index in [1.54, 1.807) is 42.5 Å². The third-order valence-electron chi connectivity index (χ3n) is 3.13. The zero-order valence-electron chi connectivity index (χ0n) is 12.8. The van der Waals surface area contributed by atoms with Gasteiger partial charge < -0.3 is 10.6 Å². The average molecular weight is 332 g/mol. The summed E-state index contributed by atoms with van der Waals surface area (Å²) in [5, 5.41) is 6.08. The molecule has 23 heavy (non-hydrogen) atoms. The molecule has 1 aromatic carbocycles. The summed E-state index contributed by atoms with van der Waals surface area (Å²) >= 11 is 5.80. The summed E-state index contributed by atoms with van der Waals surface area (Å²) < 4.78 is 0. The van der Waals surface area contributed by atoms with Gasteiger partial charge in [-0.05, 0) is 42.8 Å². The van der Waals surface area contributed by atoms with E-state index >= 15 is 0 Å². The lowest BCUT2D eigenvalue weighted by molar-refractivity contribution is 0.0948. The number of unbranched alkanes of at least 4 members (excludes halogenated alkanes) is 1. The largest absolute Gasteiger partial charge is 0.351 e. The van der Waals surface area contributed by atoms with Gasteiger partial charge in [-0.2, -0.15) is 0 Å². The number of anilines is 1. The number of aromatic nitrogens is 1. The molecule has 0 aliphatic heterocycles. The molecule has 0 fully saturated rings. The maximum absolute atomic E-state index is 12.2. The van der Waals surface area contributed by atoms with Gasteiger partial charge in [0.2, 0.25) is 0 Å². The molecule has 2 aromatic rings. The van der Waals surface area contributed by atoms with Gasteiger partial charge in [0, 0.05) is 17.3 Å². The Hall–Kier alpha value is -2.40. The minimum Gasteiger partial charge on any atom is -0.351 e. The number of carbonyl (C=O) groups excluding carboxylic acids is 2. The van der Waals surface area contributed by atoms with Gasteiger partial charge >= 0.3 is 0 Å². The lowest BCUT2D eigenvalue weighted by atomic mass is 10.2. The molecule has 2 N–H and O–H groups in total. The smallest absolute Gasteiger partial charge is 0.274 e. The van der Waals surface area contributed by atoms with Crippen LogP contribution < -0.4 is 10.6 Å². The molecule has 0 spiro atoms. The number of pyridine rings is 1. The van der Waals surface area contributed by atoms with Crippen LogP contribution in [0.1, 0.15) is 40.7 Å². The predicted octanol–water partition coefficient (Wildman–Crippen LogP) is 3.52. The minimum absolute atomic E-state index is 0.183. The van der Waals surface area contributed by atoms with Crippen molar-refractivity contribution in [3.8, 4) is 0 Å². The van der Waals surface area contributed by atoms with E-state index in [1.807, 2.05) is 6.92 Å². The summed E-state index contributed by atoms with van der Waals surface area (Å²) in [6.07, 6.45) is 1.90. The summed E-state index contributed by atoms with van der Waals surface area (Å²) in [5.74, 6) is -0.657. The van der Waals surface area contributed by atoms with Gasteiger partial charge in [0.05, 0.1) is 0 Å². The SMILES string of the molecule is CCCCNC(=O)c1cccc(C(=O)Nc2ccc(Cl)cc2)n1. The fourth-order valence-corrected chi connectivity index (χ4v) is 2.01. The molecule has 1 aromatic heterocycles. The molecule has 2 amide bonds. The van der Waals surface area contributed by atoms with Gasteiger partial charge in [-0.3, -0.25) is 9.59 Å². The molecular weight excluding hydrogens is 314 g/mol. The van der Waals surface area contributed by atoms with E-state index in [9.17, 15) is 9.59 Å². The Bertz CT molecular complexity index is 686. The zero-order chi connectivity index (χ0) is 16.7. The van der Waals surface area contributed by atoms with Crippen molar-refractivity contribution in [3.63, 3.8) is 0 Å². The highest BCUT2D eigenvalue weighted by Crippen LogP contribution is 2.14. The first-order chi connectivity index (χ1) is 11.1. The van der Waals surface area contributed by atoms with Gasteiger partial charge in [-0.15, -0.1) is 0 Å². The third-order valence-corrected chi connectivity index (χ3v) is 3.38. The van der Waals surface area contributed by atoms with Crippen molar-refractivity contribution in [2.24, 2.45) is 0 Å². The van der Waals surface area contributed by atoms with Crippen LogP contribution >= 0.6 is 11.6 Å². The Labute approximate surface area is 140 Å². The van der Waals surface area contributed by atoms with Gasteiger partial charge in [0.1, 0.15) is 11.4 Å². The van der Waals surface area contributed by atoms with Crippen LogP contribution in [0.3, 0.4) is 0 Å². The molecule has 5 nitrogen and oxygen atoms in total. The summed E-state index contributed by atoms with van der Waals surface area (Å²) in [5.41, 5.74) is 1.02. The fourth-order valence-electron chi connectivity index (χ4n) is 1.89. The monoisotopic (exact) mass is 331 g/mol. The molecular formula is C17H18ClN3O2. The van der Waals surface area contributed by atoms with Crippen LogP contribution in [0.15, 0.2) is 42.5 Å². The molecule has 0 aliphatic rings. The lowest BCUT2D eigenvalue weighted by Gasteiger charge is -2.07. The number of amides is 2. The Morgan fingerprint density at radius 2 is 1.70 bits per heavy atom. The van der Waals surface area contributed by atoms with Crippen molar-refractivity contribution < 1.29 is 9.59 Å². The highest BCUT2D eigenvalue weighted by molar-refractivity contribution is 6.30. The first-order valence-corrected chi connectivity index (χ1v) is 7.80. The average Bonchev–Trinajstić information content (AvgIpc) is 2.57. The first kappa shape index (κ1) is 17.0. The van der Waals surface area contributed by atoms with Crippen molar-refractivity contribution in [1.82, 2.24) is 10.3 Å². The molecule has 6 heteroatoms. The van der Waals surface area contributed by atoms with Crippen LogP contribution in [0.2, 0.25) is 5.02 Å². The molecule has 120 valence electrons. The number of hydrogen-bond donors (Lipinski definition) is 2. The van der Waals surface area contributed by atoms with E-state index < -0.39 is 0 Å². The number of benzene rings is 1. The molecule has 0 aliphatic carbocycles. The molecule has 0 bridgehead atoms. The maximum atomic E-state index is 12.2. The standard InChI is InChI=1S/C17H18ClN3O2/c1-2-3-11-19-16(22)14-5-4-6-15(21-14)17(23)20-13-9-7-12(18)8-10-13/h4-10H,2-3,11H2,1H3,(H,19,22)(H,20,23). The number of halogens is 1. The summed E-state index contributed by atoms with van der Waals surface area (Å²) in [6, 6.07) is 11.5. The van der Waals surface area contributed by atoms with Crippen molar-refractivity contribution in [1.29, 1.82) is 0 Å². The van der Waals surface area contributed by atoms with E-state index in [0.29, 0.717) is 17.3 Å². The predicted molar refractivity (Wildman–Crippen MR) is 90.9 cm³/mol. The van der Waals surface area contributed by atoms with Crippen molar-refractivity contribution in [3.05, 3.63) is 58.9 Å². The van der Waals surface area contributed by atoms with Crippen LogP contribution in [-0.2, 0) is 0 Å². The Morgan fingerprint density at radius 1 is 1.04 bits per heavy atom. The third kappa shape index (κ3) is 5.07. The van der Waals surface area contributed by atoms with Gasteiger partial charge in [-0.25, -0.2) is 4.98 Å². The van der Waals surface area contributed by atoms with E-state index in [0.717, 1.165) is 12.8 Å². The quantitative estimate of drug-likeness (QED) is 0.796. The van der Waals surface area contributed by atoms with E-state index in [4.69, 9.17) is 11.6 Å². The molecule has 0 saturated heterocycles. The fraction of sp³-hybridized carbons (Fsp3) is 0.235. The summed E-state index contributed by atoms with van der Waals surface area (Å²) in [6.45, 7) is 2.64. The summed E-state index contributed by atoms with van der Waals surface area (Å²) in [7, 11) is 0. The minimum atomic E-state index is -0.379. The van der Waals surface area contributed by atoms with Crippen LogP contribution in [-0.4, -0.2) is 23.3 Å². The van der Waals surface area contributed by atoms with E-state index in [-0.39, 0.29) is 23.2 Å². The number of nitrogens with zero attached hydrogens (tertiary/aromatic N) is 1. The Kier molecular flexibility index (Phi) is 6.11. The maximum Gasteiger partial charge on any atom is 0.274 e. The Balaban J connectivity index is 2.04. The molecule has 0 saturated carbocycles. The van der Waals surface area contributed by atoms with Crippen molar-refractivity contribution in [2.75, 3.05) is 11.9 Å². The highest BCUT2D eigenvalue weighted by atomic mass is 35.5. The molecule has 0 radical (unpaired) electrons. The van der Waals surface area contributed by atoms with Crippen LogP contribution in [0.5, 0.6) is 0 Å². The molecule has 0 atom stereocenters. The Morgan fingerprint density at radius 3 is 2.35 bits per heavy atom. The normalized spacial score (nSPS) is 10.2. The number of nitrogens with one attached hydrogen (secondary N) is 2. The van der Waals surface area contributed by atoms with Crippen molar-refractivity contribution >= 4 is 29.1 Å². The molecule has 1 heterocycles. The highest BCUT2D eigenvalue weighted by Gasteiger charge is 2.12. The second-order valence-electron chi connectivity index (χ2n) is 4.98. The second-order valence-corrected chi connectivity index (χ2v) is 5.41. The van der Waals surface area contributed by atoms with Gasteiger partial charge in [0.25, 0.3) is 11.8 Å². The topological polar surface area (TPSA) is 71.1 Å². The second kappa shape index (κ2) is 8.29. The molecule has 0 unspecified atom stereocenters. The van der Waals surface area contributed by atoms with E-state index in [1.165, 1.54) is 0 Å².